The molecule has 0 saturated carbocycles. The maximum absolute atomic E-state index is 13.2. The maximum atomic E-state index is 13.2. The highest BCUT2D eigenvalue weighted by molar-refractivity contribution is 6.01. The number of fused-ring (bicyclic) bond motifs is 5. The molecule has 28 heavy (non-hydrogen) atoms. The molecule has 4 heterocycles. The molecule has 1 aromatic carbocycles. The van der Waals surface area contributed by atoms with Crippen LogP contribution in [0.3, 0.4) is 0 Å². The van der Waals surface area contributed by atoms with E-state index >= 15 is 0 Å². The number of allylic oxidation sites excluding steroid dienone is 1. The number of aromatic amines is 1. The molecule has 0 radical (unpaired) electrons. The highest BCUT2D eigenvalue weighted by Gasteiger charge is 2.62. The lowest BCUT2D eigenvalue weighted by Gasteiger charge is -2.47. The second kappa shape index (κ2) is 5.46. The van der Waals surface area contributed by atoms with Gasteiger partial charge in [0.1, 0.15) is 12.1 Å². The number of nitrogens with zero attached hydrogens (tertiary/aromatic N) is 2. The quantitative estimate of drug-likeness (QED) is 0.634. The van der Waals surface area contributed by atoms with Gasteiger partial charge in [0.25, 0.3) is 5.91 Å². The number of aromatic nitrogens is 1. The second-order valence-corrected chi connectivity index (χ2v) is 8.51. The van der Waals surface area contributed by atoms with E-state index in [1.807, 2.05) is 44.2 Å². The monoisotopic (exact) mass is 381 g/mol. The Hall–Kier alpha value is -2.64. The third-order valence-corrected chi connectivity index (χ3v) is 6.45. The van der Waals surface area contributed by atoms with Crippen molar-refractivity contribution in [2.24, 2.45) is 0 Å². The van der Waals surface area contributed by atoms with Crippen molar-refractivity contribution in [1.29, 1.82) is 0 Å². The lowest BCUT2D eigenvalue weighted by atomic mass is 9.82. The lowest BCUT2D eigenvalue weighted by Crippen LogP contribution is -2.71. The summed E-state index contributed by atoms with van der Waals surface area (Å²) in [7, 11) is 0. The van der Waals surface area contributed by atoms with E-state index in [4.69, 9.17) is 0 Å². The van der Waals surface area contributed by atoms with E-state index in [0.717, 1.165) is 27.1 Å². The molecule has 0 bridgehead atoms. The molecule has 2 saturated heterocycles. The minimum atomic E-state index is -2.18. The highest BCUT2D eigenvalue weighted by Crippen LogP contribution is 2.40. The molecule has 0 spiro atoms. The summed E-state index contributed by atoms with van der Waals surface area (Å²) >= 11 is 0. The Morgan fingerprint density at radius 1 is 1.21 bits per heavy atom. The number of carbonyl (C=O) groups is 2. The molecule has 1 aromatic heterocycles. The number of rotatable bonds is 0. The summed E-state index contributed by atoms with van der Waals surface area (Å²) in [5.74, 6) is -0.975. The highest BCUT2D eigenvalue weighted by atomic mass is 16.4. The van der Waals surface area contributed by atoms with Gasteiger partial charge in [-0.3, -0.25) is 9.59 Å². The van der Waals surface area contributed by atoms with Crippen LogP contribution in [0.1, 0.15) is 31.5 Å². The molecule has 2 aromatic rings. The van der Waals surface area contributed by atoms with E-state index in [1.54, 1.807) is 6.20 Å². The van der Waals surface area contributed by atoms with Crippen LogP contribution >= 0.6 is 0 Å². The van der Waals surface area contributed by atoms with E-state index in [1.165, 1.54) is 4.90 Å². The third kappa shape index (κ3) is 2.06. The number of para-hydroxylation sites is 1. The van der Waals surface area contributed by atoms with Crippen molar-refractivity contribution < 1.29 is 19.8 Å². The second-order valence-electron chi connectivity index (χ2n) is 8.51. The molecular weight excluding hydrogens is 358 g/mol. The SMILES string of the molecule is CC1(C)/C=C\N2C(=O)[C@]3(O)[C@@H](O)CCN3C(=O)[C@@H]2Cc2c1[nH]c1ccccc21. The fraction of sp³-hybridized carbons (Fsp3) is 0.429. The van der Waals surface area contributed by atoms with Gasteiger partial charge in [-0.25, -0.2) is 0 Å². The van der Waals surface area contributed by atoms with Crippen LogP contribution in [0.5, 0.6) is 0 Å². The van der Waals surface area contributed by atoms with Gasteiger partial charge in [0.05, 0.1) is 0 Å². The molecule has 146 valence electrons. The number of amides is 2. The number of nitrogens with one attached hydrogen (secondary N) is 1. The number of aliphatic hydroxyl groups excluding tert-OH is 1. The smallest absolute Gasteiger partial charge is 0.283 e. The molecule has 3 N–H and O–H groups in total. The van der Waals surface area contributed by atoms with Crippen LogP contribution in [0.25, 0.3) is 10.9 Å². The average Bonchev–Trinajstić information content (AvgIpc) is 3.18. The van der Waals surface area contributed by atoms with Crippen molar-refractivity contribution in [3.05, 3.63) is 47.8 Å². The normalized spacial score (nSPS) is 32.6. The maximum Gasteiger partial charge on any atom is 0.283 e. The summed E-state index contributed by atoms with van der Waals surface area (Å²) in [5.41, 5.74) is 0.435. The van der Waals surface area contributed by atoms with Gasteiger partial charge < -0.3 is 25.0 Å². The molecule has 2 amide bonds. The molecule has 0 aliphatic carbocycles. The molecule has 3 aliphatic rings. The van der Waals surface area contributed by atoms with Crippen LogP contribution in [0.15, 0.2) is 36.5 Å². The van der Waals surface area contributed by atoms with Gasteiger partial charge in [0, 0.05) is 41.2 Å². The Kier molecular flexibility index (Phi) is 3.40. The number of aliphatic hydroxyl groups is 2. The first-order chi connectivity index (χ1) is 13.2. The van der Waals surface area contributed by atoms with Crippen molar-refractivity contribution in [3.8, 4) is 0 Å². The number of benzene rings is 1. The zero-order valence-corrected chi connectivity index (χ0v) is 15.8. The van der Waals surface area contributed by atoms with E-state index in [-0.39, 0.29) is 18.9 Å². The van der Waals surface area contributed by atoms with E-state index in [0.29, 0.717) is 6.42 Å². The number of H-pyrrole nitrogens is 1. The van der Waals surface area contributed by atoms with E-state index < -0.39 is 29.2 Å². The Labute approximate surface area is 162 Å². The third-order valence-electron chi connectivity index (χ3n) is 6.45. The predicted octanol–water partition coefficient (Wildman–Crippen LogP) is 1.01. The van der Waals surface area contributed by atoms with Crippen molar-refractivity contribution in [2.45, 2.75) is 50.0 Å². The fourth-order valence-electron chi connectivity index (χ4n) is 4.83. The Balaban J connectivity index is 1.70. The fourth-order valence-corrected chi connectivity index (χ4v) is 4.83. The predicted molar refractivity (Wildman–Crippen MR) is 102 cm³/mol. The van der Waals surface area contributed by atoms with Crippen LogP contribution in [0.2, 0.25) is 0 Å². The van der Waals surface area contributed by atoms with Crippen molar-refractivity contribution in [2.75, 3.05) is 6.54 Å². The first-order valence-corrected chi connectivity index (χ1v) is 9.59. The topological polar surface area (TPSA) is 96.9 Å². The zero-order valence-electron chi connectivity index (χ0n) is 15.8. The molecule has 7 nitrogen and oxygen atoms in total. The van der Waals surface area contributed by atoms with E-state index in [9.17, 15) is 19.8 Å². The van der Waals surface area contributed by atoms with Crippen molar-refractivity contribution >= 4 is 22.7 Å². The van der Waals surface area contributed by atoms with Gasteiger partial charge in [0.15, 0.2) is 0 Å². The standard InChI is InChI=1S/C21H23N3O4/c1-20(2)8-10-23-15(11-13-12-5-3-4-6-14(12)22-17(13)20)18(26)24-9-7-16(25)21(24,28)19(23)27/h3-6,8,10,15-16,22,25,28H,7,9,11H2,1-2H3/b10-8-/t15-,16-,21+/m0/s1. The summed E-state index contributed by atoms with van der Waals surface area (Å²) in [4.78, 5) is 32.4. The molecule has 7 heteroatoms. The Morgan fingerprint density at radius 3 is 2.75 bits per heavy atom. The van der Waals surface area contributed by atoms with Crippen LogP contribution in [-0.2, 0) is 21.4 Å². The largest absolute Gasteiger partial charge is 0.387 e. The van der Waals surface area contributed by atoms with Crippen LogP contribution in [-0.4, -0.2) is 61.2 Å². The minimum Gasteiger partial charge on any atom is -0.387 e. The summed E-state index contributed by atoms with van der Waals surface area (Å²) in [6.07, 6.45) is 2.72. The summed E-state index contributed by atoms with van der Waals surface area (Å²) in [6, 6.07) is 7.19. The molecule has 5 rings (SSSR count). The van der Waals surface area contributed by atoms with Gasteiger partial charge in [-0.15, -0.1) is 0 Å². The van der Waals surface area contributed by atoms with E-state index in [2.05, 4.69) is 4.98 Å². The molecular formula is C21H23N3O4. The first-order valence-electron chi connectivity index (χ1n) is 9.59. The molecule has 0 unspecified atom stereocenters. The van der Waals surface area contributed by atoms with Crippen molar-refractivity contribution in [3.63, 3.8) is 0 Å². The van der Waals surface area contributed by atoms with Gasteiger partial charge in [-0.2, -0.15) is 0 Å². The van der Waals surface area contributed by atoms with Gasteiger partial charge in [-0.1, -0.05) is 38.1 Å². The minimum absolute atomic E-state index is 0.169. The lowest BCUT2D eigenvalue weighted by molar-refractivity contribution is -0.202. The van der Waals surface area contributed by atoms with Crippen molar-refractivity contribution in [1.82, 2.24) is 14.8 Å². The van der Waals surface area contributed by atoms with Gasteiger partial charge in [0.2, 0.25) is 11.6 Å². The Bertz CT molecular complexity index is 1040. The van der Waals surface area contributed by atoms with Gasteiger partial charge in [-0.05, 0) is 18.1 Å². The number of piperazine rings is 1. The van der Waals surface area contributed by atoms with Crippen LogP contribution in [0, 0.1) is 0 Å². The summed E-state index contributed by atoms with van der Waals surface area (Å²) < 4.78 is 0. The number of hydrogen-bond donors (Lipinski definition) is 3. The number of hydrogen-bond acceptors (Lipinski definition) is 4. The summed E-state index contributed by atoms with van der Waals surface area (Å²) in [6.45, 7) is 4.25. The van der Waals surface area contributed by atoms with Crippen LogP contribution < -0.4 is 0 Å². The Morgan fingerprint density at radius 2 is 1.96 bits per heavy atom. The van der Waals surface area contributed by atoms with Crippen LogP contribution in [0.4, 0.5) is 0 Å². The number of carbonyl (C=O) groups excluding carboxylic acids is 2. The molecule has 3 aliphatic heterocycles. The zero-order chi connectivity index (χ0) is 19.8. The average molecular weight is 381 g/mol. The first kappa shape index (κ1) is 17.5. The summed E-state index contributed by atoms with van der Waals surface area (Å²) in [5, 5.41) is 22.2. The van der Waals surface area contributed by atoms with Gasteiger partial charge >= 0.3 is 0 Å². The molecule has 3 atom stereocenters. The molecule has 2 fully saturated rings.